The van der Waals surface area contributed by atoms with Gasteiger partial charge in [0.05, 0.1) is 23.6 Å². The number of fused-ring (bicyclic) bond motifs is 5. The van der Waals surface area contributed by atoms with E-state index in [2.05, 4.69) is 5.10 Å². The lowest BCUT2D eigenvalue weighted by atomic mass is 9.85. The van der Waals surface area contributed by atoms with Crippen molar-refractivity contribution in [2.24, 2.45) is 28.8 Å². The highest BCUT2D eigenvalue weighted by atomic mass is 16.4. The number of furan rings is 1. The Kier molecular flexibility index (Phi) is 3.58. The van der Waals surface area contributed by atoms with Gasteiger partial charge in [-0.3, -0.25) is 9.59 Å². The molecule has 5 rings (SSSR count). The molecule has 7 nitrogen and oxygen atoms in total. The summed E-state index contributed by atoms with van der Waals surface area (Å²) in [5.41, 5.74) is 0.775. The number of imide groups is 1. The van der Waals surface area contributed by atoms with E-state index in [0.717, 1.165) is 11.4 Å². The van der Waals surface area contributed by atoms with Crippen LogP contribution in [0.5, 0.6) is 0 Å². The van der Waals surface area contributed by atoms with E-state index in [9.17, 15) is 14.4 Å². The maximum Gasteiger partial charge on any atom is 0.335 e. The quantitative estimate of drug-likeness (QED) is 0.502. The molecule has 1 aromatic heterocycles. The fourth-order valence-electron chi connectivity index (χ4n) is 4.50. The molecule has 2 heterocycles. The zero-order chi connectivity index (χ0) is 19.4. The van der Waals surface area contributed by atoms with Gasteiger partial charge in [-0.05, 0) is 42.5 Å². The van der Waals surface area contributed by atoms with Crippen molar-refractivity contribution < 1.29 is 23.9 Å². The zero-order valence-electron chi connectivity index (χ0n) is 14.7. The summed E-state index contributed by atoms with van der Waals surface area (Å²) < 4.78 is 5.68. The maximum absolute atomic E-state index is 12.6. The third-order valence-corrected chi connectivity index (χ3v) is 5.77. The van der Waals surface area contributed by atoms with Crippen molar-refractivity contribution >= 4 is 24.0 Å². The number of carbonyl (C=O) groups is 3. The molecule has 2 fully saturated rings. The Morgan fingerprint density at radius 3 is 2.50 bits per heavy atom. The summed E-state index contributed by atoms with van der Waals surface area (Å²) in [7, 11) is 0. The maximum atomic E-state index is 12.6. The Bertz CT molecular complexity index is 1040. The number of carbonyl (C=O) groups excluding carboxylic acids is 2. The number of benzene rings is 1. The highest BCUT2D eigenvalue weighted by Crippen LogP contribution is 2.52. The number of aromatic carboxylic acids is 1. The van der Waals surface area contributed by atoms with Crippen molar-refractivity contribution in [1.82, 2.24) is 5.01 Å². The highest BCUT2D eigenvalue weighted by Gasteiger charge is 2.59. The zero-order valence-corrected chi connectivity index (χ0v) is 14.7. The van der Waals surface area contributed by atoms with Gasteiger partial charge in [0.2, 0.25) is 0 Å². The molecule has 1 N–H and O–H groups in total. The fourth-order valence-corrected chi connectivity index (χ4v) is 4.50. The Morgan fingerprint density at radius 1 is 1.11 bits per heavy atom. The van der Waals surface area contributed by atoms with E-state index in [0.29, 0.717) is 17.1 Å². The van der Waals surface area contributed by atoms with Crippen LogP contribution in [0.2, 0.25) is 0 Å². The van der Waals surface area contributed by atoms with Gasteiger partial charge in [-0.1, -0.05) is 24.3 Å². The SMILES string of the molecule is O=C(O)c1cccc(-c2ccc(C=NN3C(=O)[C@@H]4[C@H](C3=O)[C@H]3C=C[C@H]4C3)o2)c1. The highest BCUT2D eigenvalue weighted by molar-refractivity contribution is 6.06. The minimum Gasteiger partial charge on any atom is -0.478 e. The van der Waals surface area contributed by atoms with Crippen LogP contribution in [0.1, 0.15) is 22.5 Å². The molecule has 2 bridgehead atoms. The Balaban J connectivity index is 1.36. The number of hydrazone groups is 1. The molecule has 0 radical (unpaired) electrons. The molecule has 2 aliphatic carbocycles. The molecule has 2 aromatic rings. The van der Waals surface area contributed by atoms with Crippen LogP contribution in [-0.4, -0.2) is 34.1 Å². The first-order valence-corrected chi connectivity index (χ1v) is 9.06. The summed E-state index contributed by atoms with van der Waals surface area (Å²) in [4.78, 5) is 36.3. The van der Waals surface area contributed by atoms with Crippen LogP contribution in [0.3, 0.4) is 0 Å². The summed E-state index contributed by atoms with van der Waals surface area (Å²) in [5, 5.41) is 14.1. The third-order valence-electron chi connectivity index (χ3n) is 5.77. The lowest BCUT2D eigenvalue weighted by Gasteiger charge is -2.13. The van der Waals surface area contributed by atoms with E-state index in [4.69, 9.17) is 9.52 Å². The van der Waals surface area contributed by atoms with Gasteiger partial charge in [-0.25, -0.2) is 4.79 Å². The second-order valence-electron chi connectivity index (χ2n) is 7.32. The second-order valence-corrected chi connectivity index (χ2v) is 7.32. The molecular weight excluding hydrogens is 360 g/mol. The monoisotopic (exact) mass is 376 g/mol. The van der Waals surface area contributed by atoms with Crippen LogP contribution in [0, 0.1) is 23.7 Å². The van der Waals surface area contributed by atoms with Gasteiger partial charge in [-0.15, -0.1) is 0 Å². The molecule has 7 heteroatoms. The first kappa shape index (κ1) is 16.7. The van der Waals surface area contributed by atoms with Gasteiger partial charge in [0, 0.05) is 5.56 Å². The number of amides is 2. The molecule has 1 aromatic carbocycles. The normalized spacial score (nSPS) is 27.9. The van der Waals surface area contributed by atoms with Crippen LogP contribution in [0.25, 0.3) is 11.3 Å². The molecule has 1 saturated carbocycles. The van der Waals surface area contributed by atoms with Gasteiger partial charge in [-0.2, -0.15) is 10.1 Å². The van der Waals surface area contributed by atoms with Crippen LogP contribution in [-0.2, 0) is 9.59 Å². The smallest absolute Gasteiger partial charge is 0.335 e. The number of hydrogen-bond donors (Lipinski definition) is 1. The lowest BCUT2D eigenvalue weighted by Crippen LogP contribution is -2.28. The Labute approximate surface area is 159 Å². The Hall–Kier alpha value is -3.48. The molecule has 0 unspecified atom stereocenters. The summed E-state index contributed by atoms with van der Waals surface area (Å²) in [6.45, 7) is 0. The lowest BCUT2D eigenvalue weighted by molar-refractivity contribution is -0.140. The standard InChI is InChI=1S/C21H16N2O5/c24-19-17-12-4-5-13(9-12)18(17)20(25)23(19)22-10-15-6-7-16(28-15)11-2-1-3-14(8-11)21(26)27/h1-8,10,12-13,17-18H,9H2,(H,26,27)/t12-,13-,17-,18+/m0/s1. The topological polar surface area (TPSA) is 100 Å². The largest absolute Gasteiger partial charge is 0.478 e. The van der Waals surface area contributed by atoms with Gasteiger partial charge >= 0.3 is 5.97 Å². The van der Waals surface area contributed by atoms with E-state index in [-0.39, 0.29) is 41.0 Å². The Morgan fingerprint density at radius 2 is 1.82 bits per heavy atom. The molecule has 2 amide bonds. The van der Waals surface area contributed by atoms with E-state index >= 15 is 0 Å². The number of carboxylic acids is 1. The van der Waals surface area contributed by atoms with Crippen LogP contribution in [0.4, 0.5) is 0 Å². The summed E-state index contributed by atoms with van der Waals surface area (Å²) in [5.74, 6) is -0.955. The molecule has 1 saturated heterocycles. The number of carboxylic acid groups (broad SMARTS) is 1. The van der Waals surface area contributed by atoms with E-state index in [1.807, 2.05) is 12.2 Å². The minimum absolute atomic E-state index is 0.142. The van der Waals surface area contributed by atoms with Crippen molar-refractivity contribution in [3.63, 3.8) is 0 Å². The average molecular weight is 376 g/mol. The summed E-state index contributed by atoms with van der Waals surface area (Å²) in [6.07, 6.45) is 6.29. The first-order chi connectivity index (χ1) is 13.5. The van der Waals surface area contributed by atoms with E-state index in [1.165, 1.54) is 18.3 Å². The first-order valence-electron chi connectivity index (χ1n) is 9.06. The summed E-state index contributed by atoms with van der Waals surface area (Å²) in [6, 6.07) is 9.74. The molecule has 28 heavy (non-hydrogen) atoms. The van der Waals surface area contributed by atoms with Crippen LogP contribution in [0.15, 0.2) is 58.1 Å². The molecule has 0 spiro atoms. The van der Waals surface area contributed by atoms with Crippen LogP contribution >= 0.6 is 0 Å². The average Bonchev–Trinajstić information content (AvgIpc) is 3.46. The van der Waals surface area contributed by atoms with E-state index in [1.54, 1.807) is 24.3 Å². The van der Waals surface area contributed by atoms with Gasteiger partial charge in [0.15, 0.2) is 0 Å². The van der Waals surface area contributed by atoms with E-state index < -0.39 is 5.97 Å². The van der Waals surface area contributed by atoms with Crippen molar-refractivity contribution in [2.75, 3.05) is 0 Å². The molecule has 3 aliphatic rings. The van der Waals surface area contributed by atoms with Gasteiger partial charge in [0.1, 0.15) is 11.5 Å². The predicted molar refractivity (Wildman–Crippen MR) is 98.3 cm³/mol. The predicted octanol–water partition coefficient (Wildman–Crippen LogP) is 2.79. The second kappa shape index (κ2) is 6.02. The molecule has 4 atom stereocenters. The van der Waals surface area contributed by atoms with Gasteiger partial charge < -0.3 is 9.52 Å². The van der Waals surface area contributed by atoms with Crippen molar-refractivity contribution in [1.29, 1.82) is 0 Å². The van der Waals surface area contributed by atoms with Crippen molar-refractivity contribution in [3.05, 3.63) is 59.9 Å². The molecule has 1 aliphatic heterocycles. The summed E-state index contributed by atoms with van der Waals surface area (Å²) >= 11 is 0. The van der Waals surface area contributed by atoms with Crippen molar-refractivity contribution in [2.45, 2.75) is 6.42 Å². The number of rotatable bonds is 4. The van der Waals surface area contributed by atoms with Gasteiger partial charge in [0.25, 0.3) is 11.8 Å². The molecular formula is C21H16N2O5. The molecule has 140 valence electrons. The van der Waals surface area contributed by atoms with Crippen molar-refractivity contribution in [3.8, 4) is 11.3 Å². The third kappa shape index (κ3) is 2.43. The minimum atomic E-state index is -1.02. The number of allylic oxidation sites excluding steroid dienone is 2. The van der Waals surface area contributed by atoms with Crippen LogP contribution < -0.4 is 0 Å². The fraction of sp³-hybridized carbons (Fsp3) is 0.238. The number of hydrogen-bond acceptors (Lipinski definition) is 5. The number of nitrogens with zero attached hydrogens (tertiary/aromatic N) is 2.